The molecule has 2 aliphatic heterocycles. The van der Waals surface area contributed by atoms with E-state index in [0.717, 1.165) is 36.8 Å². The first-order valence-electron chi connectivity index (χ1n) is 8.61. The SMILES string of the molecule is C[C@H]1CO[C@@H](c2ccccc2Cl)CN1CC(=O)N1CCN(C)CC1. The summed E-state index contributed by atoms with van der Waals surface area (Å²) >= 11 is 6.30. The van der Waals surface area contributed by atoms with E-state index in [-0.39, 0.29) is 18.1 Å². The Hall–Kier alpha value is -1.14. The van der Waals surface area contributed by atoms with Crippen LogP contribution in [0.5, 0.6) is 0 Å². The summed E-state index contributed by atoms with van der Waals surface area (Å²) in [5, 5.41) is 0.724. The Kier molecular flexibility index (Phi) is 5.76. The number of hydrogen-bond donors (Lipinski definition) is 0. The van der Waals surface area contributed by atoms with E-state index in [1.54, 1.807) is 0 Å². The molecule has 2 aliphatic rings. The highest BCUT2D eigenvalue weighted by molar-refractivity contribution is 6.31. The first-order valence-corrected chi connectivity index (χ1v) is 8.99. The molecular weight excluding hydrogens is 326 g/mol. The van der Waals surface area contributed by atoms with Gasteiger partial charge in [0.05, 0.1) is 19.3 Å². The molecule has 0 aromatic heterocycles. The fraction of sp³-hybridized carbons (Fsp3) is 0.611. The van der Waals surface area contributed by atoms with Crippen LogP contribution in [0.15, 0.2) is 24.3 Å². The highest BCUT2D eigenvalue weighted by Crippen LogP contribution is 2.29. The second-order valence-corrected chi connectivity index (χ2v) is 7.21. The zero-order valence-electron chi connectivity index (χ0n) is 14.4. The van der Waals surface area contributed by atoms with Gasteiger partial charge in [-0.05, 0) is 20.0 Å². The molecule has 0 saturated carbocycles. The van der Waals surface area contributed by atoms with Crippen LogP contribution >= 0.6 is 11.6 Å². The molecular formula is C18H26ClN3O2. The quantitative estimate of drug-likeness (QED) is 0.833. The lowest BCUT2D eigenvalue weighted by molar-refractivity contribution is -0.138. The van der Waals surface area contributed by atoms with E-state index in [1.807, 2.05) is 29.2 Å². The fourth-order valence-corrected chi connectivity index (χ4v) is 3.54. The Balaban J connectivity index is 1.62. The Morgan fingerprint density at radius 1 is 1.25 bits per heavy atom. The minimum Gasteiger partial charge on any atom is -0.371 e. The van der Waals surface area contributed by atoms with E-state index < -0.39 is 0 Å². The van der Waals surface area contributed by atoms with Crippen molar-refractivity contribution in [2.45, 2.75) is 19.1 Å². The van der Waals surface area contributed by atoms with Crippen molar-refractivity contribution in [3.63, 3.8) is 0 Å². The molecule has 24 heavy (non-hydrogen) atoms. The van der Waals surface area contributed by atoms with Gasteiger partial charge in [0, 0.05) is 49.4 Å². The first kappa shape index (κ1) is 17.7. The average Bonchev–Trinajstić information content (AvgIpc) is 2.58. The lowest BCUT2D eigenvalue weighted by Crippen LogP contribution is -2.53. The number of amides is 1. The van der Waals surface area contributed by atoms with Crippen LogP contribution in [-0.2, 0) is 9.53 Å². The zero-order valence-corrected chi connectivity index (χ0v) is 15.2. The van der Waals surface area contributed by atoms with Crippen LogP contribution in [0.25, 0.3) is 0 Å². The summed E-state index contributed by atoms with van der Waals surface area (Å²) in [7, 11) is 2.10. The molecule has 0 unspecified atom stereocenters. The highest BCUT2D eigenvalue weighted by Gasteiger charge is 2.31. The molecule has 1 amide bonds. The van der Waals surface area contributed by atoms with E-state index in [2.05, 4.69) is 23.8 Å². The van der Waals surface area contributed by atoms with Gasteiger partial charge in [0.25, 0.3) is 0 Å². The van der Waals surface area contributed by atoms with E-state index in [0.29, 0.717) is 19.7 Å². The molecule has 2 fully saturated rings. The van der Waals surface area contributed by atoms with E-state index in [9.17, 15) is 4.79 Å². The van der Waals surface area contributed by atoms with Crippen LogP contribution in [0.2, 0.25) is 5.02 Å². The van der Waals surface area contributed by atoms with Crippen LogP contribution in [0, 0.1) is 0 Å². The van der Waals surface area contributed by atoms with Crippen LogP contribution < -0.4 is 0 Å². The van der Waals surface area contributed by atoms with Crippen LogP contribution in [0.3, 0.4) is 0 Å². The summed E-state index contributed by atoms with van der Waals surface area (Å²) in [6, 6.07) is 8.02. The molecule has 1 aromatic carbocycles. The predicted molar refractivity (Wildman–Crippen MR) is 95.3 cm³/mol. The lowest BCUT2D eigenvalue weighted by Gasteiger charge is -2.40. The van der Waals surface area contributed by atoms with Crippen molar-refractivity contribution in [3.8, 4) is 0 Å². The standard InChI is InChI=1S/C18H26ClN3O2/c1-14-13-24-17(15-5-3-4-6-16(15)19)11-22(14)12-18(23)21-9-7-20(2)8-10-21/h3-6,14,17H,7-13H2,1-2H3/t14-,17+/m0/s1. The van der Waals surface area contributed by atoms with Crippen molar-refractivity contribution in [2.24, 2.45) is 0 Å². The van der Waals surface area contributed by atoms with Gasteiger partial charge in [-0.15, -0.1) is 0 Å². The number of benzene rings is 1. The number of piperazine rings is 1. The third-order valence-electron chi connectivity index (χ3n) is 5.01. The van der Waals surface area contributed by atoms with E-state index in [4.69, 9.17) is 16.3 Å². The van der Waals surface area contributed by atoms with Crippen molar-refractivity contribution in [1.82, 2.24) is 14.7 Å². The summed E-state index contributed by atoms with van der Waals surface area (Å²) in [6.45, 7) is 7.43. The van der Waals surface area contributed by atoms with Crippen molar-refractivity contribution < 1.29 is 9.53 Å². The van der Waals surface area contributed by atoms with Gasteiger partial charge < -0.3 is 14.5 Å². The smallest absolute Gasteiger partial charge is 0.236 e. The molecule has 132 valence electrons. The van der Waals surface area contributed by atoms with Crippen molar-refractivity contribution >= 4 is 17.5 Å². The number of rotatable bonds is 3. The summed E-state index contributed by atoms with van der Waals surface area (Å²) in [5.74, 6) is 0.217. The number of carbonyl (C=O) groups excluding carboxylic acids is 1. The summed E-state index contributed by atoms with van der Waals surface area (Å²) in [5.41, 5.74) is 1.00. The molecule has 1 aromatic rings. The number of likely N-dealkylation sites (N-methyl/N-ethyl adjacent to an activating group) is 1. The van der Waals surface area contributed by atoms with Gasteiger partial charge in [0.1, 0.15) is 0 Å². The van der Waals surface area contributed by atoms with Gasteiger partial charge in [-0.1, -0.05) is 29.8 Å². The molecule has 0 radical (unpaired) electrons. The molecule has 0 aliphatic carbocycles. The number of nitrogens with zero attached hydrogens (tertiary/aromatic N) is 3. The maximum absolute atomic E-state index is 12.6. The van der Waals surface area contributed by atoms with Crippen molar-refractivity contribution in [1.29, 1.82) is 0 Å². The zero-order chi connectivity index (χ0) is 17.1. The van der Waals surface area contributed by atoms with Crippen molar-refractivity contribution in [3.05, 3.63) is 34.9 Å². The maximum atomic E-state index is 12.6. The molecule has 0 bridgehead atoms. The normalized spacial score (nSPS) is 26.5. The number of halogens is 1. The molecule has 2 heterocycles. The molecule has 2 atom stereocenters. The topological polar surface area (TPSA) is 36.0 Å². The number of hydrogen-bond acceptors (Lipinski definition) is 4. The van der Waals surface area contributed by atoms with Gasteiger partial charge >= 0.3 is 0 Å². The van der Waals surface area contributed by atoms with E-state index in [1.165, 1.54) is 0 Å². The van der Waals surface area contributed by atoms with Crippen molar-refractivity contribution in [2.75, 3.05) is 52.9 Å². The Morgan fingerprint density at radius 3 is 2.67 bits per heavy atom. The van der Waals surface area contributed by atoms with E-state index >= 15 is 0 Å². The van der Waals surface area contributed by atoms with Crippen LogP contribution in [0.1, 0.15) is 18.6 Å². The second kappa shape index (κ2) is 7.83. The largest absolute Gasteiger partial charge is 0.371 e. The molecule has 2 saturated heterocycles. The molecule has 0 N–H and O–H groups in total. The number of ether oxygens (including phenoxy) is 1. The third kappa shape index (κ3) is 4.09. The summed E-state index contributed by atoms with van der Waals surface area (Å²) < 4.78 is 5.97. The summed E-state index contributed by atoms with van der Waals surface area (Å²) in [6.07, 6.45) is -0.0739. The molecule has 5 nitrogen and oxygen atoms in total. The van der Waals surface area contributed by atoms with Gasteiger partial charge in [0.15, 0.2) is 0 Å². The first-order chi connectivity index (χ1) is 11.5. The highest BCUT2D eigenvalue weighted by atomic mass is 35.5. The second-order valence-electron chi connectivity index (χ2n) is 6.81. The van der Waals surface area contributed by atoms with Crippen LogP contribution in [0.4, 0.5) is 0 Å². The van der Waals surface area contributed by atoms with Crippen LogP contribution in [-0.4, -0.2) is 79.6 Å². The molecule has 0 spiro atoms. The predicted octanol–water partition coefficient (Wildman–Crippen LogP) is 1.88. The minimum absolute atomic E-state index is 0.0739. The molecule has 3 rings (SSSR count). The lowest BCUT2D eigenvalue weighted by atomic mass is 10.1. The van der Waals surface area contributed by atoms with Gasteiger partial charge in [0.2, 0.25) is 5.91 Å². The Labute approximate surface area is 149 Å². The average molecular weight is 352 g/mol. The Morgan fingerprint density at radius 2 is 1.96 bits per heavy atom. The number of carbonyl (C=O) groups is 1. The van der Waals surface area contributed by atoms with Gasteiger partial charge in [-0.2, -0.15) is 0 Å². The summed E-state index contributed by atoms with van der Waals surface area (Å²) in [4.78, 5) is 19.1. The molecule has 6 heteroatoms. The van der Waals surface area contributed by atoms with Gasteiger partial charge in [-0.25, -0.2) is 0 Å². The number of morpholine rings is 1. The Bertz CT molecular complexity index is 575. The fourth-order valence-electron chi connectivity index (χ4n) is 3.28. The van der Waals surface area contributed by atoms with Gasteiger partial charge in [-0.3, -0.25) is 9.69 Å². The third-order valence-corrected chi connectivity index (χ3v) is 5.35. The minimum atomic E-state index is -0.0739. The monoisotopic (exact) mass is 351 g/mol. The maximum Gasteiger partial charge on any atom is 0.236 e.